The highest BCUT2D eigenvalue weighted by Gasteiger charge is 2.37. The third kappa shape index (κ3) is 4.59. The first-order valence-corrected chi connectivity index (χ1v) is 11.5. The van der Waals surface area contributed by atoms with Crippen LogP contribution in [0, 0.1) is 0 Å². The molecule has 180 valence electrons. The van der Waals surface area contributed by atoms with Crippen LogP contribution >= 0.6 is 0 Å². The second-order valence-corrected chi connectivity index (χ2v) is 8.87. The predicted molar refractivity (Wildman–Crippen MR) is 130 cm³/mol. The molecule has 0 bridgehead atoms. The molecule has 8 heteroatoms. The highest BCUT2D eigenvalue weighted by molar-refractivity contribution is 5.73. The molecule has 1 aliphatic heterocycles. The maximum atomic E-state index is 12.5. The molecule has 4 rings (SSSR count). The molecule has 0 saturated carbocycles. The van der Waals surface area contributed by atoms with Crippen LogP contribution in [0.2, 0.25) is 0 Å². The Bertz CT molecular complexity index is 1050. The smallest absolute Gasteiger partial charge is 0.343 e. The first-order valence-electron chi connectivity index (χ1n) is 11.5. The van der Waals surface area contributed by atoms with Crippen LogP contribution in [-0.4, -0.2) is 64.3 Å². The topological polar surface area (TPSA) is 80.1 Å². The Morgan fingerprint density at radius 3 is 2.00 bits per heavy atom. The van der Waals surface area contributed by atoms with Crippen molar-refractivity contribution in [1.29, 1.82) is 0 Å². The molecular weight excluding hydrogens is 432 g/mol. The van der Waals surface area contributed by atoms with Gasteiger partial charge in [0.1, 0.15) is 11.5 Å². The summed E-state index contributed by atoms with van der Waals surface area (Å²) in [6.07, 6.45) is 1.54. The number of nitrogens with zero attached hydrogens (tertiary/aromatic N) is 4. The highest BCUT2D eigenvalue weighted by atomic mass is 16.5. The number of aromatic nitrogens is 2. The molecule has 8 nitrogen and oxygen atoms in total. The molecule has 2 atom stereocenters. The number of amides is 2. The Labute approximate surface area is 200 Å². The molecule has 1 N–H and O–H groups in total. The minimum atomic E-state index is -0.374. The van der Waals surface area contributed by atoms with Gasteiger partial charge in [0, 0.05) is 30.6 Å². The maximum absolute atomic E-state index is 12.5. The molecule has 0 radical (unpaired) electrons. The van der Waals surface area contributed by atoms with Crippen LogP contribution in [0.25, 0.3) is 16.9 Å². The van der Waals surface area contributed by atoms with Crippen LogP contribution in [0.5, 0.6) is 11.5 Å². The number of carbonyl (C=O) groups excluding carboxylic acids is 1. The number of methoxy groups -OCH3 is 2. The number of likely N-dealkylation sites (tertiary alicyclic amines) is 1. The van der Waals surface area contributed by atoms with E-state index < -0.39 is 0 Å². The lowest BCUT2D eigenvalue weighted by Gasteiger charge is -2.42. The van der Waals surface area contributed by atoms with Gasteiger partial charge in [-0.2, -0.15) is 5.10 Å². The quantitative estimate of drug-likeness (QED) is 0.427. The van der Waals surface area contributed by atoms with E-state index in [-0.39, 0.29) is 24.0 Å². The molecule has 2 heterocycles. The van der Waals surface area contributed by atoms with Crippen molar-refractivity contribution >= 4 is 6.03 Å². The first kappa shape index (κ1) is 23.6. The van der Waals surface area contributed by atoms with Gasteiger partial charge in [-0.05, 0) is 81.3 Å². The van der Waals surface area contributed by atoms with Crippen molar-refractivity contribution in [3.05, 3.63) is 60.3 Å². The molecule has 2 aromatic carbocycles. The van der Waals surface area contributed by atoms with Crippen molar-refractivity contribution in [1.82, 2.24) is 19.7 Å². The third-order valence-electron chi connectivity index (χ3n) is 6.55. The van der Waals surface area contributed by atoms with E-state index >= 15 is 0 Å². The van der Waals surface area contributed by atoms with E-state index in [9.17, 15) is 10.0 Å². The number of benzene rings is 2. The summed E-state index contributed by atoms with van der Waals surface area (Å²) in [5, 5.41) is 15.4. The summed E-state index contributed by atoms with van der Waals surface area (Å²) in [5.41, 5.74) is 3.95. The fourth-order valence-corrected chi connectivity index (χ4v) is 4.85. The molecular formula is C26H32N4O4. The van der Waals surface area contributed by atoms with Gasteiger partial charge in [-0.15, -0.1) is 0 Å². The van der Waals surface area contributed by atoms with E-state index in [1.807, 2.05) is 67.1 Å². The van der Waals surface area contributed by atoms with Gasteiger partial charge < -0.3 is 14.4 Å². The van der Waals surface area contributed by atoms with Crippen molar-refractivity contribution in [3.63, 3.8) is 0 Å². The predicted octanol–water partition coefficient (Wildman–Crippen LogP) is 4.95. The minimum absolute atomic E-state index is 0.0218. The molecule has 1 fully saturated rings. The molecule has 0 aliphatic carbocycles. The zero-order chi connectivity index (χ0) is 24.4. The molecule has 3 aromatic rings. The van der Waals surface area contributed by atoms with Crippen molar-refractivity contribution in [3.8, 4) is 28.4 Å². The number of urea groups is 1. The summed E-state index contributed by atoms with van der Waals surface area (Å²) < 4.78 is 12.6. The van der Waals surface area contributed by atoms with Gasteiger partial charge in [0.05, 0.1) is 31.3 Å². The Morgan fingerprint density at radius 1 is 0.971 bits per heavy atom. The summed E-state index contributed by atoms with van der Waals surface area (Å²) in [5.74, 6) is 1.78. The minimum Gasteiger partial charge on any atom is -0.497 e. The van der Waals surface area contributed by atoms with Crippen LogP contribution in [0.1, 0.15) is 38.3 Å². The molecule has 2 unspecified atom stereocenters. The summed E-state index contributed by atoms with van der Waals surface area (Å²) in [7, 11) is 4.67. The number of carbonyl (C=O) groups is 1. The summed E-state index contributed by atoms with van der Waals surface area (Å²) >= 11 is 0. The number of ether oxygens (including phenoxy) is 2. The van der Waals surface area contributed by atoms with Crippen LogP contribution in [0.15, 0.2) is 54.6 Å². The lowest BCUT2D eigenvalue weighted by Crippen LogP contribution is -2.53. The van der Waals surface area contributed by atoms with Gasteiger partial charge in [0.25, 0.3) is 0 Å². The maximum Gasteiger partial charge on any atom is 0.343 e. The Hall–Kier alpha value is -3.52. The lowest BCUT2D eigenvalue weighted by molar-refractivity contribution is -0.0473. The van der Waals surface area contributed by atoms with E-state index in [0.29, 0.717) is 5.06 Å². The Balaban J connectivity index is 1.71. The van der Waals surface area contributed by atoms with Crippen molar-refractivity contribution < 1.29 is 19.5 Å². The fourth-order valence-electron chi connectivity index (χ4n) is 4.85. The van der Waals surface area contributed by atoms with Crippen LogP contribution < -0.4 is 9.47 Å². The first-order chi connectivity index (χ1) is 16.3. The molecule has 1 aromatic heterocycles. The second kappa shape index (κ2) is 9.77. The number of piperidine rings is 1. The summed E-state index contributed by atoms with van der Waals surface area (Å²) in [6.45, 7) is 4.05. The zero-order valence-electron chi connectivity index (χ0n) is 20.3. The van der Waals surface area contributed by atoms with Crippen molar-refractivity contribution in [2.45, 2.75) is 44.7 Å². The molecule has 1 saturated heterocycles. The monoisotopic (exact) mass is 464 g/mol. The van der Waals surface area contributed by atoms with E-state index in [1.165, 1.54) is 7.05 Å². The summed E-state index contributed by atoms with van der Waals surface area (Å²) in [6, 6.07) is 17.5. The lowest BCUT2D eigenvalue weighted by atomic mass is 9.85. The standard InChI is InChI=1S/C26H32N4O4/c1-17-14-20(15-18(2)29(17)26(31)28(3)32)24-16-25(19-6-10-22(33-4)11-7-19)30(27-24)21-8-12-23(34-5)13-9-21/h6-13,16-18,20,32H,14-15H2,1-5H3. The van der Waals surface area contributed by atoms with Gasteiger partial charge in [-0.3, -0.25) is 5.21 Å². The van der Waals surface area contributed by atoms with Gasteiger partial charge in [0.2, 0.25) is 0 Å². The van der Waals surface area contributed by atoms with Crippen LogP contribution in [0.3, 0.4) is 0 Å². The van der Waals surface area contributed by atoms with Crippen LogP contribution in [0.4, 0.5) is 4.79 Å². The average Bonchev–Trinajstić information content (AvgIpc) is 3.29. The van der Waals surface area contributed by atoms with Gasteiger partial charge >= 0.3 is 6.03 Å². The number of hydrogen-bond donors (Lipinski definition) is 1. The van der Waals surface area contributed by atoms with E-state index in [4.69, 9.17) is 14.6 Å². The Morgan fingerprint density at radius 2 is 1.50 bits per heavy atom. The van der Waals surface area contributed by atoms with Crippen molar-refractivity contribution in [2.75, 3.05) is 21.3 Å². The fraction of sp³-hybridized carbons (Fsp3) is 0.385. The molecule has 0 spiro atoms. The normalized spacial score (nSPS) is 20.2. The van der Waals surface area contributed by atoms with E-state index in [1.54, 1.807) is 19.1 Å². The van der Waals surface area contributed by atoms with Gasteiger partial charge in [0.15, 0.2) is 0 Å². The van der Waals surface area contributed by atoms with E-state index in [2.05, 4.69) is 6.07 Å². The SMILES string of the molecule is COc1ccc(-c2cc(C3CC(C)N(C(=O)N(C)O)C(C)C3)nn2-c2ccc(OC)cc2)cc1. The van der Waals surface area contributed by atoms with Crippen molar-refractivity contribution in [2.24, 2.45) is 0 Å². The van der Waals surface area contributed by atoms with Crippen LogP contribution in [-0.2, 0) is 0 Å². The molecule has 1 aliphatic rings. The summed E-state index contributed by atoms with van der Waals surface area (Å²) in [4.78, 5) is 14.2. The van der Waals surface area contributed by atoms with E-state index in [0.717, 1.165) is 47.0 Å². The second-order valence-electron chi connectivity index (χ2n) is 8.87. The average molecular weight is 465 g/mol. The van der Waals surface area contributed by atoms with Gasteiger partial charge in [-0.25, -0.2) is 14.5 Å². The number of hydrogen-bond acceptors (Lipinski definition) is 5. The Kier molecular flexibility index (Phi) is 6.79. The number of rotatable bonds is 5. The molecule has 34 heavy (non-hydrogen) atoms. The zero-order valence-corrected chi connectivity index (χ0v) is 20.3. The third-order valence-corrected chi connectivity index (χ3v) is 6.55. The largest absolute Gasteiger partial charge is 0.497 e. The highest BCUT2D eigenvalue weighted by Crippen LogP contribution is 2.37. The van der Waals surface area contributed by atoms with Gasteiger partial charge in [-0.1, -0.05) is 0 Å². The molecule has 2 amide bonds. The number of hydroxylamine groups is 2.